The van der Waals surface area contributed by atoms with E-state index >= 15 is 0 Å². The average Bonchev–Trinajstić information content (AvgIpc) is 2.92. The minimum atomic E-state index is -0.837. The molecule has 1 aromatic rings. The van der Waals surface area contributed by atoms with Crippen molar-refractivity contribution in [1.82, 2.24) is 9.88 Å². The van der Waals surface area contributed by atoms with Gasteiger partial charge in [-0.15, -0.1) is 0 Å². The summed E-state index contributed by atoms with van der Waals surface area (Å²) in [5.74, 6) is 1.04. The van der Waals surface area contributed by atoms with Gasteiger partial charge in [0.15, 0.2) is 0 Å². The molecule has 1 aromatic heterocycles. The van der Waals surface area contributed by atoms with Gasteiger partial charge >= 0.3 is 6.09 Å². The third kappa shape index (κ3) is 2.81. The molecule has 6 heteroatoms. The second-order valence-corrected chi connectivity index (χ2v) is 5.79. The molecule has 1 unspecified atom stereocenters. The van der Waals surface area contributed by atoms with Crippen molar-refractivity contribution in [3.05, 3.63) is 24.0 Å². The summed E-state index contributed by atoms with van der Waals surface area (Å²) in [6, 6.07) is 3.90. The summed E-state index contributed by atoms with van der Waals surface area (Å²) in [7, 11) is 1.63. The van der Waals surface area contributed by atoms with Crippen molar-refractivity contribution < 1.29 is 19.4 Å². The predicted octanol–water partition coefficient (Wildman–Crippen LogP) is 2.11. The molecule has 21 heavy (non-hydrogen) atoms. The van der Waals surface area contributed by atoms with Gasteiger partial charge in [-0.1, -0.05) is 0 Å². The first-order valence-corrected chi connectivity index (χ1v) is 7.24. The molecule has 114 valence electrons. The van der Waals surface area contributed by atoms with E-state index in [1.54, 1.807) is 13.3 Å². The monoisotopic (exact) mass is 292 g/mol. The number of carbonyl (C=O) groups is 1. The minimum Gasteiger partial charge on any atom is -0.495 e. The summed E-state index contributed by atoms with van der Waals surface area (Å²) in [5.41, 5.74) is 0.853. The predicted molar refractivity (Wildman–Crippen MR) is 75.7 cm³/mol. The maximum Gasteiger partial charge on any atom is 0.407 e. The van der Waals surface area contributed by atoms with Gasteiger partial charge in [-0.05, 0) is 31.4 Å². The topological polar surface area (TPSA) is 71.9 Å². The molecule has 1 N–H and O–H groups in total. The van der Waals surface area contributed by atoms with E-state index in [1.807, 2.05) is 12.1 Å². The number of methoxy groups -OCH3 is 1. The maximum atomic E-state index is 11.0. The first-order chi connectivity index (χ1) is 10.1. The zero-order valence-electron chi connectivity index (χ0n) is 12.1. The number of hydrogen-bond donors (Lipinski definition) is 1. The van der Waals surface area contributed by atoms with Gasteiger partial charge in [0.25, 0.3) is 0 Å². The third-order valence-electron chi connectivity index (χ3n) is 4.57. The second kappa shape index (κ2) is 5.52. The molecule has 2 aliphatic rings. The number of pyridine rings is 1. The van der Waals surface area contributed by atoms with Crippen molar-refractivity contribution in [1.29, 1.82) is 0 Å². The van der Waals surface area contributed by atoms with Gasteiger partial charge in [0, 0.05) is 24.7 Å². The zero-order valence-corrected chi connectivity index (χ0v) is 12.1. The lowest BCUT2D eigenvalue weighted by atomic mass is 9.84. The largest absolute Gasteiger partial charge is 0.495 e. The fraction of sp³-hybridized carbons (Fsp3) is 0.600. The van der Waals surface area contributed by atoms with Crippen LogP contribution in [0.2, 0.25) is 0 Å². The van der Waals surface area contributed by atoms with Crippen molar-refractivity contribution in [2.75, 3.05) is 26.8 Å². The molecular weight excluding hydrogens is 272 g/mol. The number of carboxylic acid groups (broad SMARTS) is 1. The first-order valence-electron chi connectivity index (χ1n) is 7.24. The van der Waals surface area contributed by atoms with E-state index in [9.17, 15) is 4.79 Å². The van der Waals surface area contributed by atoms with Crippen LogP contribution in [-0.4, -0.2) is 53.5 Å². The van der Waals surface area contributed by atoms with Crippen molar-refractivity contribution in [2.24, 2.45) is 0 Å². The molecule has 2 aliphatic heterocycles. The highest BCUT2D eigenvalue weighted by Crippen LogP contribution is 2.42. The maximum absolute atomic E-state index is 11.0. The smallest absolute Gasteiger partial charge is 0.407 e. The molecule has 3 rings (SSSR count). The van der Waals surface area contributed by atoms with Crippen LogP contribution in [0.5, 0.6) is 5.75 Å². The number of aromatic nitrogens is 1. The summed E-state index contributed by atoms with van der Waals surface area (Å²) in [6.45, 7) is 1.77. The van der Waals surface area contributed by atoms with Crippen LogP contribution in [0, 0.1) is 0 Å². The molecule has 0 aromatic carbocycles. The van der Waals surface area contributed by atoms with Crippen LogP contribution in [0.25, 0.3) is 0 Å². The van der Waals surface area contributed by atoms with Crippen LogP contribution in [0.4, 0.5) is 4.79 Å². The summed E-state index contributed by atoms with van der Waals surface area (Å²) in [6.07, 6.45) is 3.35. The highest BCUT2D eigenvalue weighted by atomic mass is 16.5. The number of rotatable bonds is 2. The first kappa shape index (κ1) is 14.1. The molecule has 1 amide bonds. The summed E-state index contributed by atoms with van der Waals surface area (Å²) in [4.78, 5) is 16.9. The van der Waals surface area contributed by atoms with Crippen LogP contribution in [0.15, 0.2) is 18.3 Å². The molecule has 2 saturated heterocycles. The Bertz CT molecular complexity index is 509. The highest BCUT2D eigenvalue weighted by Gasteiger charge is 2.44. The van der Waals surface area contributed by atoms with Crippen LogP contribution in [-0.2, 0) is 4.74 Å². The van der Waals surface area contributed by atoms with E-state index < -0.39 is 6.09 Å². The molecular formula is C15H20N2O4. The standard InChI is InChI=1S/C15H20N2O4/c1-20-12-2-3-13(16-9-12)11-8-15(21-10-11)4-6-17(7-5-15)14(18)19/h2-3,9,11H,4-8,10H2,1H3,(H,18,19). The van der Waals surface area contributed by atoms with Crippen LogP contribution >= 0.6 is 0 Å². The normalized spacial score (nSPS) is 24.2. The Labute approximate surface area is 123 Å². The van der Waals surface area contributed by atoms with E-state index in [0.717, 1.165) is 30.7 Å². The Hall–Kier alpha value is -1.82. The third-order valence-corrected chi connectivity index (χ3v) is 4.57. The van der Waals surface area contributed by atoms with Crippen molar-refractivity contribution >= 4 is 6.09 Å². The van der Waals surface area contributed by atoms with Crippen molar-refractivity contribution in [2.45, 2.75) is 30.8 Å². The Balaban J connectivity index is 1.64. The lowest BCUT2D eigenvalue weighted by Gasteiger charge is -2.37. The molecule has 6 nitrogen and oxygen atoms in total. The van der Waals surface area contributed by atoms with E-state index in [-0.39, 0.29) is 11.5 Å². The number of piperidine rings is 1. The molecule has 2 fully saturated rings. The van der Waals surface area contributed by atoms with Gasteiger partial charge in [-0.3, -0.25) is 4.98 Å². The van der Waals surface area contributed by atoms with Crippen molar-refractivity contribution in [3.8, 4) is 5.75 Å². The fourth-order valence-electron chi connectivity index (χ4n) is 3.24. The van der Waals surface area contributed by atoms with Gasteiger partial charge in [0.1, 0.15) is 5.75 Å². The lowest BCUT2D eigenvalue weighted by molar-refractivity contribution is -0.0394. The molecule has 0 radical (unpaired) electrons. The quantitative estimate of drug-likeness (QED) is 0.904. The Morgan fingerprint density at radius 1 is 1.48 bits per heavy atom. The molecule has 3 heterocycles. The van der Waals surface area contributed by atoms with Crippen LogP contribution in [0.3, 0.4) is 0 Å². The molecule has 0 saturated carbocycles. The highest BCUT2D eigenvalue weighted by molar-refractivity contribution is 5.65. The molecule has 0 bridgehead atoms. The van der Waals surface area contributed by atoms with E-state index in [1.165, 1.54) is 4.90 Å². The Morgan fingerprint density at radius 2 is 2.24 bits per heavy atom. The SMILES string of the molecule is COc1ccc(C2COC3(CCN(C(=O)O)CC3)C2)nc1. The Morgan fingerprint density at radius 3 is 2.81 bits per heavy atom. The number of hydrogen-bond acceptors (Lipinski definition) is 4. The zero-order chi connectivity index (χ0) is 14.9. The number of amides is 1. The lowest BCUT2D eigenvalue weighted by Crippen LogP contribution is -2.45. The van der Waals surface area contributed by atoms with Gasteiger partial charge in [-0.2, -0.15) is 0 Å². The number of likely N-dealkylation sites (tertiary alicyclic amines) is 1. The molecule has 1 spiro atoms. The Kier molecular flexibility index (Phi) is 3.71. The minimum absolute atomic E-state index is 0.168. The number of nitrogens with zero attached hydrogens (tertiary/aromatic N) is 2. The van der Waals surface area contributed by atoms with Crippen LogP contribution < -0.4 is 4.74 Å². The van der Waals surface area contributed by atoms with Gasteiger partial charge in [0.2, 0.25) is 0 Å². The van der Waals surface area contributed by atoms with E-state index in [4.69, 9.17) is 14.6 Å². The number of ether oxygens (including phenoxy) is 2. The van der Waals surface area contributed by atoms with Gasteiger partial charge in [0.05, 0.1) is 25.5 Å². The van der Waals surface area contributed by atoms with Gasteiger partial charge < -0.3 is 19.5 Å². The molecule has 0 aliphatic carbocycles. The average molecular weight is 292 g/mol. The van der Waals surface area contributed by atoms with Crippen molar-refractivity contribution in [3.63, 3.8) is 0 Å². The summed E-state index contributed by atoms with van der Waals surface area (Å²) < 4.78 is 11.2. The second-order valence-electron chi connectivity index (χ2n) is 5.79. The van der Waals surface area contributed by atoms with E-state index in [2.05, 4.69) is 4.98 Å². The fourth-order valence-corrected chi connectivity index (χ4v) is 3.24. The van der Waals surface area contributed by atoms with E-state index in [0.29, 0.717) is 19.7 Å². The van der Waals surface area contributed by atoms with Crippen LogP contribution in [0.1, 0.15) is 30.9 Å². The summed E-state index contributed by atoms with van der Waals surface area (Å²) in [5, 5.41) is 9.01. The van der Waals surface area contributed by atoms with Gasteiger partial charge in [-0.25, -0.2) is 4.79 Å². The summed E-state index contributed by atoms with van der Waals surface area (Å²) >= 11 is 0. The molecule has 1 atom stereocenters.